The molecule has 0 aromatic heterocycles. The van der Waals surface area contributed by atoms with Crippen LogP contribution in [0.15, 0.2) is 36.4 Å². The van der Waals surface area contributed by atoms with E-state index < -0.39 is 6.04 Å². The number of amides is 2. The molecule has 2 aromatic rings. The first-order valence-corrected chi connectivity index (χ1v) is 12.9. The van der Waals surface area contributed by atoms with E-state index in [9.17, 15) is 9.59 Å². The van der Waals surface area contributed by atoms with E-state index >= 15 is 0 Å². The van der Waals surface area contributed by atoms with Crippen LogP contribution in [0.5, 0.6) is 5.75 Å². The van der Waals surface area contributed by atoms with E-state index in [2.05, 4.69) is 5.32 Å². The Morgan fingerprint density at radius 2 is 1.71 bits per heavy atom. The molecule has 1 N–H and O–H groups in total. The number of hydrogen-bond donors (Lipinski definition) is 1. The third kappa shape index (κ3) is 7.17. The van der Waals surface area contributed by atoms with Crippen molar-refractivity contribution in [2.45, 2.75) is 64.1 Å². The summed E-state index contributed by atoms with van der Waals surface area (Å²) in [5.74, 6) is -0.238. The smallest absolute Gasteiger partial charge is 0.261 e. The van der Waals surface area contributed by atoms with Gasteiger partial charge in [0.1, 0.15) is 11.8 Å². The van der Waals surface area contributed by atoms with Crippen LogP contribution in [0.4, 0.5) is 0 Å². The first kappa shape index (κ1) is 26.9. The van der Waals surface area contributed by atoms with E-state index in [1.165, 1.54) is 17.4 Å². The summed E-state index contributed by atoms with van der Waals surface area (Å²) in [6.07, 6.45) is 5.69. The number of nitrogens with one attached hydrogen (secondary N) is 1. The number of halogens is 4. The van der Waals surface area contributed by atoms with Crippen LogP contribution in [-0.2, 0) is 16.1 Å². The van der Waals surface area contributed by atoms with E-state index in [1.807, 2.05) is 6.92 Å². The van der Waals surface area contributed by atoms with Gasteiger partial charge in [-0.1, -0.05) is 78.7 Å². The predicted octanol–water partition coefficient (Wildman–Crippen LogP) is 6.94. The van der Waals surface area contributed by atoms with Gasteiger partial charge in [-0.05, 0) is 49.6 Å². The lowest BCUT2D eigenvalue weighted by Crippen LogP contribution is -2.52. The summed E-state index contributed by atoms with van der Waals surface area (Å²) in [7, 11) is 0. The molecule has 0 bridgehead atoms. The van der Waals surface area contributed by atoms with Gasteiger partial charge in [-0.25, -0.2) is 0 Å². The first-order chi connectivity index (χ1) is 16.3. The van der Waals surface area contributed by atoms with Crippen molar-refractivity contribution in [3.8, 4) is 5.75 Å². The van der Waals surface area contributed by atoms with Crippen molar-refractivity contribution in [3.05, 3.63) is 62.1 Å². The van der Waals surface area contributed by atoms with Crippen molar-refractivity contribution in [1.29, 1.82) is 0 Å². The molecule has 2 amide bonds. The zero-order chi connectivity index (χ0) is 24.7. The molecule has 0 unspecified atom stereocenters. The summed E-state index contributed by atoms with van der Waals surface area (Å²) in [5.41, 5.74) is 0.577. The van der Waals surface area contributed by atoms with Crippen molar-refractivity contribution >= 4 is 58.2 Å². The number of rotatable bonds is 9. The van der Waals surface area contributed by atoms with E-state index in [4.69, 9.17) is 51.1 Å². The lowest BCUT2D eigenvalue weighted by atomic mass is 9.95. The fourth-order valence-corrected chi connectivity index (χ4v) is 5.11. The van der Waals surface area contributed by atoms with Crippen LogP contribution in [0.25, 0.3) is 0 Å². The van der Waals surface area contributed by atoms with Gasteiger partial charge >= 0.3 is 0 Å². The van der Waals surface area contributed by atoms with E-state index in [-0.39, 0.29) is 31.0 Å². The molecule has 9 heteroatoms. The second-order valence-corrected chi connectivity index (χ2v) is 10.0. The van der Waals surface area contributed by atoms with Crippen LogP contribution in [0.2, 0.25) is 20.1 Å². The van der Waals surface area contributed by atoms with Gasteiger partial charge in [0.05, 0.1) is 5.02 Å². The van der Waals surface area contributed by atoms with Gasteiger partial charge in [0.2, 0.25) is 5.91 Å². The third-order valence-electron chi connectivity index (χ3n) is 5.97. The maximum absolute atomic E-state index is 13.4. The summed E-state index contributed by atoms with van der Waals surface area (Å²) in [4.78, 5) is 28.1. The molecule has 1 aliphatic rings. The van der Waals surface area contributed by atoms with Gasteiger partial charge in [0.25, 0.3) is 5.91 Å². The number of carbonyl (C=O) groups excluding carboxylic acids is 2. The summed E-state index contributed by atoms with van der Waals surface area (Å²) < 4.78 is 5.68. The molecular formula is C25H28Cl4N2O3. The highest BCUT2D eigenvalue weighted by atomic mass is 35.5. The normalized spacial score (nSPS) is 15.0. The minimum absolute atomic E-state index is 0.0750. The molecule has 1 atom stereocenters. The molecule has 1 fully saturated rings. The van der Waals surface area contributed by atoms with Crippen LogP contribution in [0.3, 0.4) is 0 Å². The van der Waals surface area contributed by atoms with Crippen molar-refractivity contribution in [2.24, 2.45) is 0 Å². The Bertz CT molecular complexity index is 991. The minimum atomic E-state index is -0.703. The Kier molecular flexibility index (Phi) is 10.2. The van der Waals surface area contributed by atoms with Gasteiger partial charge in [-0.2, -0.15) is 0 Å². The van der Waals surface area contributed by atoms with Crippen LogP contribution in [0, 0.1) is 0 Å². The standard InChI is InChI=1S/C25H28Cl4N2O3/c1-2-22(25(33)30-17-7-4-3-5-8-17)31(14-18-19(27)9-6-10-20(18)28)24(32)15-34-23-12-11-16(26)13-21(23)29/h6,9-13,17,22H,2-5,7-8,14-15H2,1H3,(H,30,33)/t22-/m0/s1. The Labute approximate surface area is 220 Å². The number of benzene rings is 2. The molecular weight excluding hydrogens is 518 g/mol. The van der Waals surface area contributed by atoms with Crippen molar-refractivity contribution in [1.82, 2.24) is 10.2 Å². The summed E-state index contributed by atoms with van der Waals surface area (Å²) >= 11 is 24.9. The van der Waals surface area contributed by atoms with Gasteiger partial charge in [-0.3, -0.25) is 9.59 Å². The summed E-state index contributed by atoms with van der Waals surface area (Å²) in [6, 6.07) is 9.33. The van der Waals surface area contributed by atoms with Crippen LogP contribution >= 0.6 is 46.4 Å². The largest absolute Gasteiger partial charge is 0.482 e. The number of hydrogen-bond acceptors (Lipinski definition) is 3. The minimum Gasteiger partial charge on any atom is -0.482 e. The van der Waals surface area contributed by atoms with Crippen LogP contribution < -0.4 is 10.1 Å². The van der Waals surface area contributed by atoms with E-state index in [1.54, 1.807) is 30.3 Å². The second kappa shape index (κ2) is 12.9. The second-order valence-electron chi connectivity index (χ2n) is 8.35. The Balaban J connectivity index is 1.82. The number of carbonyl (C=O) groups is 2. The average molecular weight is 546 g/mol. The molecule has 0 radical (unpaired) electrons. The van der Waals surface area contributed by atoms with Crippen molar-refractivity contribution < 1.29 is 14.3 Å². The molecule has 5 nitrogen and oxygen atoms in total. The zero-order valence-corrected chi connectivity index (χ0v) is 22.0. The monoisotopic (exact) mass is 544 g/mol. The maximum atomic E-state index is 13.4. The first-order valence-electron chi connectivity index (χ1n) is 11.4. The predicted molar refractivity (Wildman–Crippen MR) is 138 cm³/mol. The quantitative estimate of drug-likeness (QED) is 0.371. The molecule has 2 aromatic carbocycles. The molecule has 1 saturated carbocycles. The zero-order valence-electron chi connectivity index (χ0n) is 19.0. The highest BCUT2D eigenvalue weighted by Crippen LogP contribution is 2.29. The SMILES string of the molecule is CC[C@@H](C(=O)NC1CCCCC1)N(Cc1c(Cl)cccc1Cl)C(=O)COc1ccc(Cl)cc1Cl. The number of ether oxygens (including phenoxy) is 1. The fraction of sp³-hybridized carbons (Fsp3) is 0.440. The average Bonchev–Trinajstić information content (AvgIpc) is 2.80. The molecule has 3 rings (SSSR count). The molecule has 0 saturated heterocycles. The third-order valence-corrected chi connectivity index (χ3v) is 7.21. The molecule has 0 aliphatic heterocycles. The topological polar surface area (TPSA) is 58.6 Å². The maximum Gasteiger partial charge on any atom is 0.261 e. The Morgan fingerprint density at radius 1 is 1.03 bits per heavy atom. The van der Waals surface area contributed by atoms with Gasteiger partial charge in [0, 0.05) is 33.2 Å². The molecule has 34 heavy (non-hydrogen) atoms. The summed E-state index contributed by atoms with van der Waals surface area (Å²) in [5, 5.41) is 4.74. The molecule has 0 heterocycles. The summed E-state index contributed by atoms with van der Waals surface area (Å²) in [6.45, 7) is 1.64. The highest BCUT2D eigenvalue weighted by molar-refractivity contribution is 6.36. The Hall–Kier alpha value is -1.66. The molecule has 0 spiro atoms. The molecule has 184 valence electrons. The fourth-order valence-electron chi connectivity index (χ4n) is 4.13. The van der Waals surface area contributed by atoms with Crippen LogP contribution in [0.1, 0.15) is 51.0 Å². The van der Waals surface area contributed by atoms with Crippen molar-refractivity contribution in [3.63, 3.8) is 0 Å². The van der Waals surface area contributed by atoms with Gasteiger partial charge in [0.15, 0.2) is 6.61 Å². The van der Waals surface area contributed by atoms with Crippen LogP contribution in [-0.4, -0.2) is 35.4 Å². The lowest BCUT2D eigenvalue weighted by Gasteiger charge is -2.33. The van der Waals surface area contributed by atoms with Gasteiger partial charge < -0.3 is 15.0 Å². The van der Waals surface area contributed by atoms with Crippen molar-refractivity contribution in [2.75, 3.05) is 6.61 Å². The van der Waals surface area contributed by atoms with E-state index in [0.717, 1.165) is 25.7 Å². The lowest BCUT2D eigenvalue weighted by molar-refractivity contribution is -0.143. The molecule has 1 aliphatic carbocycles. The number of nitrogens with zero attached hydrogens (tertiary/aromatic N) is 1. The van der Waals surface area contributed by atoms with E-state index in [0.29, 0.717) is 37.8 Å². The highest BCUT2D eigenvalue weighted by Gasteiger charge is 2.31. The van der Waals surface area contributed by atoms with Gasteiger partial charge in [-0.15, -0.1) is 0 Å². The Morgan fingerprint density at radius 3 is 2.32 bits per heavy atom.